The lowest BCUT2D eigenvalue weighted by Gasteiger charge is -2.27. The molecule has 2 heterocycles. The average molecular weight is 321 g/mol. The number of morpholine rings is 1. The Hall–Kier alpha value is -1.70. The van der Waals surface area contributed by atoms with Crippen molar-refractivity contribution in [2.45, 2.75) is 18.7 Å². The first kappa shape index (κ1) is 15.2. The number of sulfonamides is 1. The molecule has 0 amide bonds. The molecule has 0 bridgehead atoms. The second kappa shape index (κ2) is 5.83. The first-order valence-corrected chi connectivity index (χ1v) is 8.62. The van der Waals surface area contributed by atoms with E-state index in [1.54, 1.807) is 18.5 Å². The molecule has 0 unspecified atom stereocenters. The molecule has 1 saturated heterocycles. The van der Waals surface area contributed by atoms with Crippen molar-refractivity contribution in [1.29, 1.82) is 0 Å². The number of ether oxygens (including phenoxy) is 1. The summed E-state index contributed by atoms with van der Waals surface area (Å²) in [6.45, 7) is 5.55. The maximum absolute atomic E-state index is 13.0. The van der Waals surface area contributed by atoms with Crippen LogP contribution < -0.4 is 0 Å². The van der Waals surface area contributed by atoms with Gasteiger partial charge in [0.2, 0.25) is 10.0 Å². The van der Waals surface area contributed by atoms with Crippen LogP contribution in [-0.2, 0) is 14.8 Å². The van der Waals surface area contributed by atoms with Crippen LogP contribution in [0.1, 0.15) is 11.1 Å². The van der Waals surface area contributed by atoms with Crippen molar-refractivity contribution in [3.63, 3.8) is 0 Å². The number of benzene rings is 1. The van der Waals surface area contributed by atoms with Crippen molar-refractivity contribution in [3.8, 4) is 11.1 Å². The molecule has 0 spiro atoms. The summed E-state index contributed by atoms with van der Waals surface area (Å²) in [7, 11) is -3.55. The summed E-state index contributed by atoms with van der Waals surface area (Å²) < 4.78 is 32.8. The fraction of sp³-hybridized carbons (Fsp3) is 0.400. The van der Waals surface area contributed by atoms with Gasteiger partial charge >= 0.3 is 0 Å². The van der Waals surface area contributed by atoms with Crippen molar-refractivity contribution in [1.82, 2.24) is 14.5 Å². The zero-order chi connectivity index (χ0) is 15.7. The highest BCUT2D eigenvalue weighted by Crippen LogP contribution is 2.31. The molecule has 1 aromatic heterocycles. The Morgan fingerprint density at radius 2 is 1.86 bits per heavy atom. The zero-order valence-electron chi connectivity index (χ0n) is 12.7. The zero-order valence-corrected chi connectivity index (χ0v) is 13.5. The van der Waals surface area contributed by atoms with Crippen LogP contribution in [-0.4, -0.2) is 49.2 Å². The predicted molar refractivity (Wildman–Crippen MR) is 83.1 cm³/mol. The lowest BCUT2D eigenvalue weighted by molar-refractivity contribution is 0.0730. The normalized spacial score (nSPS) is 16.8. The molecule has 22 heavy (non-hydrogen) atoms. The minimum absolute atomic E-state index is 0.332. The van der Waals surface area contributed by atoms with Gasteiger partial charge in [0.15, 0.2) is 0 Å². The van der Waals surface area contributed by atoms with Gasteiger partial charge in [-0.3, -0.25) is 5.10 Å². The fourth-order valence-corrected chi connectivity index (χ4v) is 4.24. The van der Waals surface area contributed by atoms with Crippen LogP contribution in [0, 0.1) is 13.8 Å². The molecule has 1 fully saturated rings. The third-order valence-corrected chi connectivity index (χ3v) is 5.93. The number of aromatic nitrogens is 2. The molecular weight excluding hydrogens is 302 g/mol. The maximum Gasteiger partial charge on any atom is 0.243 e. The smallest absolute Gasteiger partial charge is 0.243 e. The highest BCUT2D eigenvalue weighted by Gasteiger charge is 2.29. The van der Waals surface area contributed by atoms with Crippen LogP contribution in [0.25, 0.3) is 11.1 Å². The van der Waals surface area contributed by atoms with Gasteiger partial charge in [0, 0.05) is 30.4 Å². The van der Waals surface area contributed by atoms with E-state index in [9.17, 15) is 8.42 Å². The second-order valence-electron chi connectivity index (χ2n) is 5.44. The highest BCUT2D eigenvalue weighted by atomic mass is 32.2. The van der Waals surface area contributed by atoms with E-state index in [2.05, 4.69) is 10.2 Å². The van der Waals surface area contributed by atoms with E-state index < -0.39 is 10.0 Å². The Balaban J connectivity index is 2.15. The van der Waals surface area contributed by atoms with E-state index in [0.29, 0.717) is 36.8 Å². The Kier molecular flexibility index (Phi) is 4.03. The average Bonchev–Trinajstić information content (AvgIpc) is 3.04. The minimum atomic E-state index is -3.55. The van der Waals surface area contributed by atoms with E-state index in [1.807, 2.05) is 19.9 Å². The molecule has 1 aliphatic heterocycles. The molecule has 0 aliphatic carbocycles. The first-order chi connectivity index (χ1) is 10.5. The van der Waals surface area contributed by atoms with Crippen molar-refractivity contribution in [2.75, 3.05) is 26.3 Å². The molecule has 1 aromatic carbocycles. The summed E-state index contributed by atoms with van der Waals surface area (Å²) in [4.78, 5) is 0.332. The van der Waals surface area contributed by atoms with Gasteiger partial charge in [0.25, 0.3) is 0 Å². The molecule has 0 atom stereocenters. The standard InChI is InChI=1S/C15H19N3O3S/c1-11-7-14(13-9-16-17-10-13)15(8-12(11)2)22(19,20)18-3-5-21-6-4-18/h7-10H,3-6H2,1-2H3,(H,16,17). The van der Waals surface area contributed by atoms with E-state index in [4.69, 9.17) is 4.74 Å². The third kappa shape index (κ3) is 2.67. The Labute approximate surface area is 130 Å². The molecule has 0 saturated carbocycles. The van der Waals surface area contributed by atoms with Crippen LogP contribution in [0.4, 0.5) is 0 Å². The highest BCUT2D eigenvalue weighted by molar-refractivity contribution is 7.89. The van der Waals surface area contributed by atoms with Gasteiger partial charge in [-0.2, -0.15) is 9.40 Å². The minimum Gasteiger partial charge on any atom is -0.379 e. The number of aromatic amines is 1. The molecule has 1 aliphatic rings. The summed E-state index contributed by atoms with van der Waals surface area (Å²) in [5.74, 6) is 0. The van der Waals surface area contributed by atoms with E-state index in [1.165, 1.54) is 4.31 Å². The van der Waals surface area contributed by atoms with Crippen molar-refractivity contribution in [3.05, 3.63) is 35.7 Å². The molecule has 0 radical (unpaired) electrons. The SMILES string of the molecule is Cc1cc(-c2cn[nH]c2)c(S(=O)(=O)N2CCOCC2)cc1C. The molecular formula is C15H19N3O3S. The van der Waals surface area contributed by atoms with Crippen LogP contribution in [0.2, 0.25) is 0 Å². The molecule has 118 valence electrons. The van der Waals surface area contributed by atoms with Gasteiger partial charge in [-0.15, -0.1) is 0 Å². The van der Waals surface area contributed by atoms with E-state index in [0.717, 1.165) is 16.7 Å². The number of hydrogen-bond donors (Lipinski definition) is 1. The topological polar surface area (TPSA) is 75.3 Å². The Morgan fingerprint density at radius 3 is 2.50 bits per heavy atom. The van der Waals surface area contributed by atoms with E-state index in [-0.39, 0.29) is 0 Å². The summed E-state index contributed by atoms with van der Waals surface area (Å²) in [6.07, 6.45) is 3.35. The van der Waals surface area contributed by atoms with E-state index >= 15 is 0 Å². The van der Waals surface area contributed by atoms with Crippen LogP contribution in [0.3, 0.4) is 0 Å². The first-order valence-electron chi connectivity index (χ1n) is 7.18. The lowest BCUT2D eigenvalue weighted by atomic mass is 10.0. The van der Waals surface area contributed by atoms with Gasteiger partial charge in [-0.1, -0.05) is 0 Å². The van der Waals surface area contributed by atoms with Gasteiger partial charge in [0.1, 0.15) is 0 Å². The largest absolute Gasteiger partial charge is 0.379 e. The van der Waals surface area contributed by atoms with Crippen molar-refractivity contribution in [2.24, 2.45) is 0 Å². The number of rotatable bonds is 3. The lowest BCUT2D eigenvalue weighted by Crippen LogP contribution is -2.40. The number of hydrogen-bond acceptors (Lipinski definition) is 4. The number of aryl methyl sites for hydroxylation is 2. The van der Waals surface area contributed by atoms with Crippen LogP contribution in [0.5, 0.6) is 0 Å². The van der Waals surface area contributed by atoms with Crippen molar-refractivity contribution < 1.29 is 13.2 Å². The quantitative estimate of drug-likeness (QED) is 0.934. The molecule has 6 nitrogen and oxygen atoms in total. The number of nitrogens with zero attached hydrogens (tertiary/aromatic N) is 2. The predicted octanol–water partition coefficient (Wildman–Crippen LogP) is 1.71. The molecule has 2 aromatic rings. The van der Waals surface area contributed by atoms with Crippen molar-refractivity contribution >= 4 is 10.0 Å². The number of H-pyrrole nitrogens is 1. The number of nitrogens with one attached hydrogen (secondary N) is 1. The Morgan fingerprint density at radius 1 is 1.18 bits per heavy atom. The van der Waals surface area contributed by atoms with Crippen LogP contribution >= 0.6 is 0 Å². The fourth-order valence-electron chi connectivity index (χ4n) is 2.55. The van der Waals surface area contributed by atoms with Gasteiger partial charge in [-0.25, -0.2) is 8.42 Å². The summed E-state index contributed by atoms with van der Waals surface area (Å²) in [5.41, 5.74) is 3.47. The van der Waals surface area contributed by atoms with Crippen LogP contribution in [0.15, 0.2) is 29.4 Å². The summed E-state index contributed by atoms with van der Waals surface area (Å²) in [5, 5.41) is 6.67. The summed E-state index contributed by atoms with van der Waals surface area (Å²) >= 11 is 0. The Bertz CT molecular complexity index is 764. The van der Waals surface area contributed by atoms with Gasteiger partial charge < -0.3 is 4.74 Å². The maximum atomic E-state index is 13.0. The summed E-state index contributed by atoms with van der Waals surface area (Å²) in [6, 6.07) is 3.66. The molecule has 3 rings (SSSR count). The second-order valence-corrected chi connectivity index (χ2v) is 7.34. The third-order valence-electron chi connectivity index (χ3n) is 3.99. The van der Waals surface area contributed by atoms with Gasteiger partial charge in [0.05, 0.1) is 24.3 Å². The molecule has 7 heteroatoms. The van der Waals surface area contributed by atoms with Gasteiger partial charge in [-0.05, 0) is 37.1 Å². The molecule has 1 N–H and O–H groups in total. The monoisotopic (exact) mass is 321 g/mol.